The highest BCUT2D eigenvalue weighted by Crippen LogP contribution is 2.38. The number of rotatable bonds is 6. The molecular weight excluding hydrogens is 308 g/mol. The molecule has 0 radical (unpaired) electrons. The molecule has 0 saturated carbocycles. The third-order valence-electron chi connectivity index (χ3n) is 4.47. The lowest BCUT2D eigenvalue weighted by Crippen LogP contribution is -2.46. The molecule has 4 nitrogen and oxygen atoms in total. The molecule has 0 spiro atoms. The summed E-state index contributed by atoms with van der Waals surface area (Å²) in [5.41, 5.74) is 17.9. The van der Waals surface area contributed by atoms with Crippen molar-refractivity contribution in [2.75, 3.05) is 0 Å². The molecule has 0 aliphatic rings. The molecule has 0 amide bonds. The van der Waals surface area contributed by atoms with Crippen LogP contribution in [0, 0.1) is 0 Å². The third-order valence-corrected chi connectivity index (χ3v) is 4.47. The fourth-order valence-corrected chi connectivity index (χ4v) is 3.26. The Kier molecular flexibility index (Phi) is 5.14. The van der Waals surface area contributed by atoms with E-state index in [4.69, 9.17) is 5.73 Å². The highest BCUT2D eigenvalue weighted by molar-refractivity contribution is 5.41. The molecule has 124 valence electrons. The predicted octanol–water partition coefficient (Wildman–Crippen LogP) is 4.81. The van der Waals surface area contributed by atoms with Crippen molar-refractivity contribution in [3.63, 3.8) is 0 Å². The molecule has 2 N–H and O–H groups in total. The zero-order valence-corrected chi connectivity index (χ0v) is 13.9. The normalized spacial score (nSPS) is 12.2. The second-order valence-corrected chi connectivity index (χ2v) is 5.98. The minimum absolute atomic E-state index is 0.407. The average Bonchev–Trinajstić information content (AvgIpc) is 2.68. The number of hydrogen-bond donors (Lipinski definition) is 1. The smallest absolute Gasteiger partial charge is 0.114 e. The van der Waals surface area contributed by atoms with Gasteiger partial charge in [-0.05, 0) is 28.6 Å². The van der Waals surface area contributed by atoms with Crippen LogP contribution >= 0.6 is 0 Å². The van der Waals surface area contributed by atoms with E-state index in [1.165, 1.54) is 0 Å². The Balaban J connectivity index is 2.15. The van der Waals surface area contributed by atoms with Crippen LogP contribution in [0.15, 0.2) is 96.1 Å². The van der Waals surface area contributed by atoms with Crippen LogP contribution in [0.3, 0.4) is 0 Å². The molecule has 4 heteroatoms. The van der Waals surface area contributed by atoms with E-state index in [0.717, 1.165) is 16.7 Å². The average molecular weight is 328 g/mol. The zero-order chi connectivity index (χ0) is 17.5. The van der Waals surface area contributed by atoms with E-state index in [2.05, 4.69) is 10.0 Å². The molecule has 0 aliphatic heterocycles. The summed E-state index contributed by atoms with van der Waals surface area (Å²) in [6, 6.07) is 29.1. The number of benzene rings is 3. The first kappa shape index (κ1) is 16.8. The van der Waals surface area contributed by atoms with Gasteiger partial charge in [0.05, 0.1) is 0 Å². The standard InChI is InChI=1S/C21H20N4/c22-20(16-17-10-4-1-5-11-17)21(24-25-23,18-12-6-2-7-13-18)19-14-8-3-9-15-19/h1-15,20H,16,22H2/t20-/m0/s1. The fourth-order valence-electron chi connectivity index (χ4n) is 3.26. The van der Waals surface area contributed by atoms with Crippen molar-refractivity contribution in [1.82, 2.24) is 0 Å². The third kappa shape index (κ3) is 3.41. The Hall–Kier alpha value is -3.07. The van der Waals surface area contributed by atoms with Gasteiger partial charge in [0.1, 0.15) is 5.54 Å². The Morgan fingerprint density at radius 1 is 0.800 bits per heavy atom. The Labute approximate surface area is 147 Å². The summed E-state index contributed by atoms with van der Waals surface area (Å²) >= 11 is 0. The summed E-state index contributed by atoms with van der Waals surface area (Å²) in [6.45, 7) is 0. The first-order valence-corrected chi connectivity index (χ1v) is 8.24. The van der Waals surface area contributed by atoms with Gasteiger partial charge in [-0.1, -0.05) is 96.1 Å². The Bertz CT molecular complexity index is 801. The summed E-state index contributed by atoms with van der Waals surface area (Å²) in [7, 11) is 0. The van der Waals surface area contributed by atoms with Crippen LogP contribution in [0.5, 0.6) is 0 Å². The highest BCUT2D eigenvalue weighted by atomic mass is 15.2. The van der Waals surface area contributed by atoms with Gasteiger partial charge in [-0.15, -0.1) is 0 Å². The lowest BCUT2D eigenvalue weighted by atomic mass is 9.76. The molecule has 3 rings (SSSR count). The minimum atomic E-state index is -0.965. The largest absolute Gasteiger partial charge is 0.326 e. The summed E-state index contributed by atoms with van der Waals surface area (Å²) < 4.78 is 0. The van der Waals surface area contributed by atoms with Gasteiger partial charge in [0.2, 0.25) is 0 Å². The van der Waals surface area contributed by atoms with E-state index in [9.17, 15) is 5.53 Å². The van der Waals surface area contributed by atoms with Crippen molar-refractivity contribution in [1.29, 1.82) is 0 Å². The highest BCUT2D eigenvalue weighted by Gasteiger charge is 2.39. The van der Waals surface area contributed by atoms with Crippen molar-refractivity contribution in [2.45, 2.75) is 18.0 Å². The van der Waals surface area contributed by atoms with E-state index in [0.29, 0.717) is 6.42 Å². The summed E-state index contributed by atoms with van der Waals surface area (Å²) in [6.07, 6.45) is 0.601. The SMILES string of the molecule is [N-]=[N+]=NC(c1ccccc1)(c1ccccc1)[C@@H](N)Cc1ccccc1. The van der Waals surface area contributed by atoms with Crippen LogP contribution in [0.1, 0.15) is 16.7 Å². The number of hydrogen-bond acceptors (Lipinski definition) is 2. The molecule has 0 fully saturated rings. The predicted molar refractivity (Wildman–Crippen MR) is 101 cm³/mol. The van der Waals surface area contributed by atoms with Crippen molar-refractivity contribution in [2.24, 2.45) is 10.8 Å². The lowest BCUT2D eigenvalue weighted by Gasteiger charge is -2.36. The molecular formula is C21H20N4. The van der Waals surface area contributed by atoms with Crippen LogP contribution in [0.25, 0.3) is 10.4 Å². The van der Waals surface area contributed by atoms with Crippen LogP contribution in [0.4, 0.5) is 0 Å². The van der Waals surface area contributed by atoms with Crippen molar-refractivity contribution in [3.8, 4) is 0 Å². The van der Waals surface area contributed by atoms with Gasteiger partial charge in [0.15, 0.2) is 0 Å². The monoisotopic (exact) mass is 328 g/mol. The van der Waals surface area contributed by atoms with Crippen molar-refractivity contribution >= 4 is 0 Å². The number of nitrogens with zero attached hydrogens (tertiary/aromatic N) is 3. The van der Waals surface area contributed by atoms with Crippen LogP contribution in [0.2, 0.25) is 0 Å². The topological polar surface area (TPSA) is 74.8 Å². The quantitative estimate of drug-likeness (QED) is 0.393. The maximum Gasteiger partial charge on any atom is 0.114 e. The molecule has 1 atom stereocenters. The molecule has 25 heavy (non-hydrogen) atoms. The van der Waals surface area contributed by atoms with Crippen LogP contribution in [-0.4, -0.2) is 6.04 Å². The van der Waals surface area contributed by atoms with E-state index in [1.54, 1.807) is 0 Å². The van der Waals surface area contributed by atoms with Crippen molar-refractivity contribution < 1.29 is 0 Å². The van der Waals surface area contributed by atoms with Gasteiger partial charge in [-0.25, -0.2) is 0 Å². The van der Waals surface area contributed by atoms with E-state index in [-0.39, 0.29) is 0 Å². The number of nitrogens with two attached hydrogens (primary N) is 1. The number of azide groups is 1. The maximum absolute atomic E-state index is 9.34. The summed E-state index contributed by atoms with van der Waals surface area (Å²) in [4.78, 5) is 3.17. The molecule has 3 aromatic carbocycles. The molecule has 0 aliphatic carbocycles. The van der Waals surface area contributed by atoms with Gasteiger partial charge in [0, 0.05) is 11.0 Å². The maximum atomic E-state index is 9.34. The molecule has 0 bridgehead atoms. The molecule has 0 heterocycles. The first-order chi connectivity index (χ1) is 12.3. The van der Waals surface area contributed by atoms with Gasteiger partial charge < -0.3 is 5.73 Å². The lowest BCUT2D eigenvalue weighted by molar-refractivity contribution is 0.416. The first-order valence-electron chi connectivity index (χ1n) is 8.24. The molecule has 0 saturated heterocycles. The Morgan fingerprint density at radius 3 is 1.68 bits per heavy atom. The Morgan fingerprint density at radius 2 is 1.24 bits per heavy atom. The van der Waals surface area contributed by atoms with E-state index in [1.807, 2.05) is 91.0 Å². The second-order valence-electron chi connectivity index (χ2n) is 5.98. The van der Waals surface area contributed by atoms with E-state index >= 15 is 0 Å². The molecule has 3 aromatic rings. The zero-order valence-electron chi connectivity index (χ0n) is 13.9. The second kappa shape index (κ2) is 7.67. The molecule has 0 unspecified atom stereocenters. The van der Waals surface area contributed by atoms with Gasteiger partial charge >= 0.3 is 0 Å². The minimum Gasteiger partial charge on any atom is -0.326 e. The van der Waals surface area contributed by atoms with Gasteiger partial charge in [-0.2, -0.15) is 0 Å². The summed E-state index contributed by atoms with van der Waals surface area (Å²) in [5.74, 6) is 0. The van der Waals surface area contributed by atoms with Crippen molar-refractivity contribution in [3.05, 3.63) is 118 Å². The van der Waals surface area contributed by atoms with Gasteiger partial charge in [0.25, 0.3) is 0 Å². The van der Waals surface area contributed by atoms with Gasteiger partial charge in [-0.3, -0.25) is 0 Å². The molecule has 0 aromatic heterocycles. The fraction of sp³-hybridized carbons (Fsp3) is 0.143. The van der Waals surface area contributed by atoms with Crippen LogP contribution in [-0.2, 0) is 12.0 Å². The summed E-state index contributed by atoms with van der Waals surface area (Å²) in [5, 5.41) is 4.25. The van der Waals surface area contributed by atoms with Crippen LogP contribution < -0.4 is 5.73 Å². The van der Waals surface area contributed by atoms with E-state index < -0.39 is 11.6 Å².